The lowest BCUT2D eigenvalue weighted by atomic mass is 10.2. The summed E-state index contributed by atoms with van der Waals surface area (Å²) in [5.41, 5.74) is 2.11. The Balaban J connectivity index is 1.61. The lowest BCUT2D eigenvalue weighted by Gasteiger charge is -2.08. The fourth-order valence-electron chi connectivity index (χ4n) is 2.87. The highest BCUT2D eigenvalue weighted by Crippen LogP contribution is 2.31. The topological polar surface area (TPSA) is 59.8 Å². The van der Waals surface area contributed by atoms with E-state index in [4.69, 9.17) is 11.6 Å². The molecule has 0 fully saturated rings. The summed E-state index contributed by atoms with van der Waals surface area (Å²) in [5.74, 6) is 0.384. The summed E-state index contributed by atoms with van der Waals surface area (Å²) >= 11 is 9.49. The summed E-state index contributed by atoms with van der Waals surface area (Å²) < 4.78 is 2.62. The second-order valence-electron chi connectivity index (χ2n) is 6.81. The Morgan fingerprint density at radius 2 is 1.97 bits per heavy atom. The molecule has 0 saturated carbocycles. The Bertz CT molecular complexity index is 1180. The van der Waals surface area contributed by atoms with Crippen LogP contribution >= 0.6 is 34.7 Å². The van der Waals surface area contributed by atoms with Crippen molar-refractivity contribution >= 4 is 56.6 Å². The van der Waals surface area contributed by atoms with E-state index in [2.05, 4.69) is 29.2 Å². The number of thioether (sulfide) groups is 1. The number of thiazole rings is 1. The van der Waals surface area contributed by atoms with Crippen molar-refractivity contribution in [1.29, 1.82) is 0 Å². The molecule has 0 bridgehead atoms. The van der Waals surface area contributed by atoms with E-state index < -0.39 is 0 Å². The van der Waals surface area contributed by atoms with Gasteiger partial charge in [-0.05, 0) is 43.3 Å². The van der Waals surface area contributed by atoms with Crippen LogP contribution in [-0.4, -0.2) is 25.9 Å². The van der Waals surface area contributed by atoms with E-state index in [0.29, 0.717) is 26.8 Å². The summed E-state index contributed by atoms with van der Waals surface area (Å²) in [6.07, 6.45) is 0. The molecule has 0 saturated heterocycles. The summed E-state index contributed by atoms with van der Waals surface area (Å²) in [6.45, 7) is 6.17. The van der Waals surface area contributed by atoms with Gasteiger partial charge < -0.3 is 5.32 Å². The number of hydrogen-bond donors (Lipinski definition) is 1. The molecule has 2 aromatic carbocycles. The molecule has 0 aliphatic carbocycles. The molecule has 8 heteroatoms. The first-order valence-corrected chi connectivity index (χ1v) is 11.2. The lowest BCUT2D eigenvalue weighted by molar-refractivity contribution is 0.102. The van der Waals surface area contributed by atoms with Crippen LogP contribution in [0.25, 0.3) is 15.3 Å². The standard InChI is InChI=1S/C21H19ClN4OS2/c1-12(2)28-15-9-7-14(8-10-15)20(27)23-18-11-13(3)25-26(18)21-24-19-16(22)5-4-6-17(19)29-21/h4-12H,1-3H3,(H,23,27). The first kappa shape index (κ1) is 19.9. The fourth-order valence-corrected chi connectivity index (χ4v) is 4.94. The second-order valence-corrected chi connectivity index (χ2v) is 9.88. The highest BCUT2D eigenvalue weighted by atomic mass is 35.5. The van der Waals surface area contributed by atoms with E-state index in [1.54, 1.807) is 16.4 Å². The van der Waals surface area contributed by atoms with Crippen molar-refractivity contribution < 1.29 is 4.79 Å². The van der Waals surface area contributed by atoms with Gasteiger partial charge in [0.25, 0.3) is 5.91 Å². The average Bonchev–Trinajstić information content (AvgIpc) is 3.26. The largest absolute Gasteiger partial charge is 0.306 e. The zero-order chi connectivity index (χ0) is 20.5. The number of benzene rings is 2. The lowest BCUT2D eigenvalue weighted by Crippen LogP contribution is -2.15. The summed E-state index contributed by atoms with van der Waals surface area (Å²) in [5, 5.41) is 9.20. The average molecular weight is 443 g/mol. The van der Waals surface area contributed by atoms with Gasteiger partial charge in [-0.1, -0.05) is 42.9 Å². The molecule has 2 heterocycles. The van der Waals surface area contributed by atoms with Crippen molar-refractivity contribution in [2.75, 3.05) is 5.32 Å². The van der Waals surface area contributed by atoms with Crippen molar-refractivity contribution in [3.63, 3.8) is 0 Å². The van der Waals surface area contributed by atoms with Crippen LogP contribution in [0.5, 0.6) is 0 Å². The van der Waals surface area contributed by atoms with Gasteiger partial charge in [0, 0.05) is 21.8 Å². The van der Waals surface area contributed by atoms with Crippen LogP contribution in [0.4, 0.5) is 5.82 Å². The van der Waals surface area contributed by atoms with E-state index in [-0.39, 0.29) is 5.91 Å². The summed E-state index contributed by atoms with van der Waals surface area (Å²) in [7, 11) is 0. The molecule has 0 aliphatic heterocycles. The van der Waals surface area contributed by atoms with Crippen molar-refractivity contribution in [3.05, 3.63) is 64.8 Å². The van der Waals surface area contributed by atoms with Gasteiger partial charge in [0.1, 0.15) is 11.3 Å². The Morgan fingerprint density at radius 3 is 2.66 bits per heavy atom. The molecule has 1 amide bonds. The predicted molar refractivity (Wildman–Crippen MR) is 122 cm³/mol. The number of nitrogens with zero attached hydrogens (tertiary/aromatic N) is 3. The molecule has 4 rings (SSSR count). The van der Waals surface area contributed by atoms with Crippen LogP contribution in [0, 0.1) is 6.92 Å². The summed E-state index contributed by atoms with van der Waals surface area (Å²) in [6, 6.07) is 15.1. The van der Waals surface area contributed by atoms with Crippen LogP contribution in [0.15, 0.2) is 53.4 Å². The van der Waals surface area contributed by atoms with E-state index in [1.807, 2.05) is 55.5 Å². The van der Waals surface area contributed by atoms with E-state index in [1.165, 1.54) is 11.3 Å². The maximum atomic E-state index is 12.8. The van der Waals surface area contributed by atoms with E-state index >= 15 is 0 Å². The number of carbonyl (C=O) groups excluding carboxylic acids is 1. The van der Waals surface area contributed by atoms with Gasteiger partial charge in [0.05, 0.1) is 15.4 Å². The molecule has 0 radical (unpaired) electrons. The number of para-hydroxylation sites is 1. The molecule has 29 heavy (non-hydrogen) atoms. The number of fused-ring (bicyclic) bond motifs is 1. The molecule has 0 spiro atoms. The Kier molecular flexibility index (Phi) is 5.63. The van der Waals surface area contributed by atoms with Gasteiger partial charge in [0.2, 0.25) is 5.13 Å². The molecule has 4 aromatic rings. The first-order valence-electron chi connectivity index (χ1n) is 9.11. The third kappa shape index (κ3) is 4.32. The minimum Gasteiger partial charge on any atom is -0.306 e. The van der Waals surface area contributed by atoms with Crippen LogP contribution in [0.2, 0.25) is 5.02 Å². The van der Waals surface area contributed by atoms with Crippen molar-refractivity contribution in [2.45, 2.75) is 30.9 Å². The number of rotatable bonds is 5. The number of hydrogen-bond acceptors (Lipinski definition) is 5. The number of aromatic nitrogens is 3. The van der Waals surface area contributed by atoms with Gasteiger partial charge in [-0.15, -0.1) is 11.8 Å². The molecule has 2 aromatic heterocycles. The third-order valence-electron chi connectivity index (χ3n) is 4.10. The van der Waals surface area contributed by atoms with Crippen molar-refractivity contribution in [3.8, 4) is 5.13 Å². The summed E-state index contributed by atoms with van der Waals surface area (Å²) in [4.78, 5) is 18.5. The maximum absolute atomic E-state index is 12.8. The number of carbonyl (C=O) groups is 1. The van der Waals surface area contributed by atoms with Crippen LogP contribution in [0.1, 0.15) is 29.9 Å². The minimum absolute atomic E-state index is 0.189. The number of aryl methyl sites for hydroxylation is 1. The second kappa shape index (κ2) is 8.18. The molecule has 0 aliphatic rings. The zero-order valence-electron chi connectivity index (χ0n) is 16.1. The maximum Gasteiger partial charge on any atom is 0.256 e. The normalized spacial score (nSPS) is 11.3. The number of amides is 1. The molecular weight excluding hydrogens is 424 g/mol. The molecule has 5 nitrogen and oxygen atoms in total. The van der Waals surface area contributed by atoms with Gasteiger partial charge in [-0.25, -0.2) is 4.98 Å². The Morgan fingerprint density at radius 1 is 1.21 bits per heavy atom. The zero-order valence-corrected chi connectivity index (χ0v) is 18.5. The van der Waals surface area contributed by atoms with Gasteiger partial charge >= 0.3 is 0 Å². The predicted octanol–water partition coefficient (Wildman–Crippen LogP) is 6.20. The van der Waals surface area contributed by atoms with E-state index in [9.17, 15) is 4.79 Å². The monoisotopic (exact) mass is 442 g/mol. The van der Waals surface area contributed by atoms with Crippen molar-refractivity contribution in [2.24, 2.45) is 0 Å². The van der Waals surface area contributed by atoms with Gasteiger partial charge in [-0.2, -0.15) is 9.78 Å². The van der Waals surface area contributed by atoms with E-state index in [0.717, 1.165) is 20.8 Å². The number of halogens is 1. The SMILES string of the molecule is Cc1cc(NC(=O)c2ccc(SC(C)C)cc2)n(-c2nc3c(Cl)cccc3s2)n1. The van der Waals surface area contributed by atoms with Crippen LogP contribution < -0.4 is 5.32 Å². The van der Waals surface area contributed by atoms with Crippen LogP contribution in [-0.2, 0) is 0 Å². The highest BCUT2D eigenvalue weighted by Gasteiger charge is 2.16. The van der Waals surface area contributed by atoms with Crippen LogP contribution in [0.3, 0.4) is 0 Å². The smallest absolute Gasteiger partial charge is 0.256 e. The molecule has 148 valence electrons. The van der Waals surface area contributed by atoms with Gasteiger partial charge in [-0.3, -0.25) is 4.79 Å². The number of nitrogens with one attached hydrogen (secondary N) is 1. The molecule has 0 atom stereocenters. The Hall–Kier alpha value is -2.35. The molecule has 0 unspecified atom stereocenters. The van der Waals surface area contributed by atoms with Gasteiger partial charge in [0.15, 0.2) is 0 Å². The first-order chi connectivity index (χ1) is 13.9. The van der Waals surface area contributed by atoms with Crippen molar-refractivity contribution in [1.82, 2.24) is 14.8 Å². The quantitative estimate of drug-likeness (QED) is 0.374. The molecule has 1 N–H and O–H groups in total. The minimum atomic E-state index is -0.189. The highest BCUT2D eigenvalue weighted by molar-refractivity contribution is 7.99. The molecular formula is C21H19ClN4OS2. The fraction of sp³-hybridized carbons (Fsp3) is 0.190. The Labute approximate surface area is 182 Å². The number of anilines is 1. The third-order valence-corrected chi connectivity index (χ3v) is 6.42.